The van der Waals surface area contributed by atoms with E-state index in [-0.39, 0.29) is 11.4 Å². The number of nitrogens with one attached hydrogen (secondary N) is 2. The Hall–Kier alpha value is -3.12. The molecule has 1 saturated heterocycles. The molecule has 4 aromatic rings. The Balaban J connectivity index is 0.917. The molecule has 3 aliphatic rings. The van der Waals surface area contributed by atoms with Gasteiger partial charge in [0.25, 0.3) is 0 Å². The third-order valence-electron chi connectivity index (χ3n) is 9.68. The van der Waals surface area contributed by atoms with E-state index in [9.17, 15) is 10.2 Å². The summed E-state index contributed by atoms with van der Waals surface area (Å²) in [6.45, 7) is 5.02. The number of imidazole rings is 2. The van der Waals surface area contributed by atoms with Gasteiger partial charge in [-0.25, -0.2) is 19.9 Å². The van der Waals surface area contributed by atoms with Crippen molar-refractivity contribution in [3.05, 3.63) is 42.2 Å². The average Bonchev–Trinajstić information content (AvgIpc) is 3.59. The number of hydrogen-bond donors (Lipinski definition) is 5. The molecule has 0 radical (unpaired) electrons. The Morgan fingerprint density at radius 3 is 2.75 bits per heavy atom. The normalized spacial score (nSPS) is 31.4. The number of aromatic amines is 1. The van der Waals surface area contributed by atoms with Gasteiger partial charge < -0.3 is 31.0 Å². The summed E-state index contributed by atoms with van der Waals surface area (Å²) < 4.78 is 7.70. The second-order valence-corrected chi connectivity index (χ2v) is 12.7. The predicted octanol–water partition coefficient (Wildman–Crippen LogP) is 2.74. The van der Waals surface area contributed by atoms with Crippen molar-refractivity contribution in [3.63, 3.8) is 0 Å². The number of aliphatic hydroxyl groups is 2. The Kier molecular flexibility index (Phi) is 6.12. The summed E-state index contributed by atoms with van der Waals surface area (Å²) in [7, 11) is 0. The molecule has 11 heteroatoms. The van der Waals surface area contributed by atoms with Gasteiger partial charge in [-0.05, 0) is 68.1 Å². The van der Waals surface area contributed by atoms with E-state index in [1.807, 2.05) is 0 Å². The van der Waals surface area contributed by atoms with Gasteiger partial charge >= 0.3 is 0 Å². The highest BCUT2D eigenvalue weighted by molar-refractivity contribution is 5.81. The zero-order chi connectivity index (χ0) is 27.6. The van der Waals surface area contributed by atoms with E-state index in [2.05, 4.69) is 57.3 Å². The van der Waals surface area contributed by atoms with Crippen LogP contribution in [0.3, 0.4) is 0 Å². The van der Waals surface area contributed by atoms with Crippen LogP contribution in [0, 0.1) is 5.92 Å². The molecule has 3 fully saturated rings. The van der Waals surface area contributed by atoms with Crippen LogP contribution in [0.1, 0.15) is 70.0 Å². The number of nitrogen functional groups attached to an aromatic ring is 1. The zero-order valence-electron chi connectivity index (χ0n) is 23.0. The lowest BCUT2D eigenvalue weighted by Gasteiger charge is -2.46. The number of benzene rings is 1. The quantitative estimate of drug-likeness (QED) is 0.224. The number of H-pyrrole nitrogens is 1. The number of nitrogens with zero attached hydrogens (tertiary/aromatic N) is 5. The molecule has 6 N–H and O–H groups in total. The first-order chi connectivity index (χ1) is 19.2. The first-order valence-electron chi connectivity index (χ1n) is 14.4. The molecule has 2 saturated carbocycles. The van der Waals surface area contributed by atoms with E-state index >= 15 is 0 Å². The van der Waals surface area contributed by atoms with E-state index in [0.717, 1.165) is 42.5 Å². The molecule has 7 rings (SSSR count). The topological polar surface area (TPSA) is 160 Å². The second-order valence-electron chi connectivity index (χ2n) is 12.7. The maximum absolute atomic E-state index is 10.7. The zero-order valence-corrected chi connectivity index (χ0v) is 23.0. The van der Waals surface area contributed by atoms with E-state index in [1.54, 1.807) is 4.57 Å². The molecular formula is C29H38N8O3. The summed E-state index contributed by atoms with van der Waals surface area (Å²) in [6, 6.07) is 6.72. The number of nitrogens with two attached hydrogens (primary N) is 1. The van der Waals surface area contributed by atoms with Crippen LogP contribution in [0.5, 0.6) is 0 Å². The van der Waals surface area contributed by atoms with Crippen LogP contribution in [0.2, 0.25) is 0 Å². The highest BCUT2D eigenvalue weighted by atomic mass is 16.6. The lowest BCUT2D eigenvalue weighted by Crippen LogP contribution is -2.55. The average molecular weight is 547 g/mol. The van der Waals surface area contributed by atoms with E-state index in [0.29, 0.717) is 29.0 Å². The highest BCUT2D eigenvalue weighted by Gasteiger charge is 2.46. The lowest BCUT2D eigenvalue weighted by atomic mass is 9.66. The fraction of sp³-hybridized carbons (Fsp3) is 0.586. The molecule has 1 aromatic carbocycles. The maximum atomic E-state index is 10.7. The number of ether oxygens (including phenoxy) is 1. The summed E-state index contributed by atoms with van der Waals surface area (Å²) in [5.41, 5.74) is 10.7. The summed E-state index contributed by atoms with van der Waals surface area (Å²) in [6.07, 6.45) is 7.34. The van der Waals surface area contributed by atoms with Crippen LogP contribution in [0.25, 0.3) is 22.2 Å². The van der Waals surface area contributed by atoms with Crippen LogP contribution < -0.4 is 11.1 Å². The molecule has 40 heavy (non-hydrogen) atoms. The van der Waals surface area contributed by atoms with Crippen molar-refractivity contribution in [1.29, 1.82) is 0 Å². The van der Waals surface area contributed by atoms with Crippen LogP contribution >= 0.6 is 0 Å². The number of hydrogen-bond acceptors (Lipinski definition) is 9. The smallest absolute Gasteiger partial charge is 0.167 e. The largest absolute Gasteiger partial charge is 0.387 e. The van der Waals surface area contributed by atoms with E-state index in [4.69, 9.17) is 15.5 Å². The molecule has 0 spiro atoms. The Morgan fingerprint density at radius 1 is 1.15 bits per heavy atom. The SMILES string of the molecule is CC1(NC[C@H]2O[C@@H](n3cnc4c(N)ncnc43)[C@@H](O)[C@H]2O)CC(CCc2nc3ccc(C4(C)CCC4)cc3[nH]2)C1. The fourth-order valence-corrected chi connectivity index (χ4v) is 6.99. The lowest BCUT2D eigenvalue weighted by molar-refractivity contribution is -0.0384. The highest BCUT2D eigenvalue weighted by Crippen LogP contribution is 2.44. The van der Waals surface area contributed by atoms with Crippen LogP contribution in [-0.2, 0) is 16.6 Å². The monoisotopic (exact) mass is 546 g/mol. The number of aryl methyl sites for hydroxylation is 1. The molecule has 4 atom stereocenters. The third kappa shape index (κ3) is 4.36. The van der Waals surface area contributed by atoms with Gasteiger partial charge in [0, 0.05) is 18.5 Å². The van der Waals surface area contributed by atoms with Gasteiger partial charge in [0.2, 0.25) is 0 Å². The Morgan fingerprint density at radius 2 is 1.98 bits per heavy atom. The van der Waals surface area contributed by atoms with Gasteiger partial charge in [0.1, 0.15) is 36.0 Å². The minimum atomic E-state index is -1.11. The number of aromatic nitrogens is 6. The van der Waals surface area contributed by atoms with Crippen LogP contribution in [0.15, 0.2) is 30.9 Å². The molecule has 0 bridgehead atoms. The molecule has 1 aliphatic heterocycles. The van der Waals surface area contributed by atoms with Crippen molar-refractivity contribution in [1.82, 2.24) is 34.8 Å². The third-order valence-corrected chi connectivity index (χ3v) is 9.68. The second kappa shape index (κ2) is 9.47. The number of anilines is 1. The molecule has 11 nitrogen and oxygen atoms in total. The minimum absolute atomic E-state index is 0.0266. The van der Waals surface area contributed by atoms with Crippen molar-refractivity contribution >= 4 is 28.0 Å². The Labute approximate surface area is 232 Å². The molecule has 2 aliphatic carbocycles. The van der Waals surface area contributed by atoms with Crippen molar-refractivity contribution in [2.75, 3.05) is 12.3 Å². The van der Waals surface area contributed by atoms with Crippen molar-refractivity contribution in [2.24, 2.45) is 5.92 Å². The van der Waals surface area contributed by atoms with Crippen LogP contribution in [0.4, 0.5) is 5.82 Å². The maximum Gasteiger partial charge on any atom is 0.167 e. The van der Waals surface area contributed by atoms with Crippen molar-refractivity contribution in [3.8, 4) is 0 Å². The Bertz CT molecular complexity index is 1540. The molecular weight excluding hydrogens is 508 g/mol. The van der Waals surface area contributed by atoms with Gasteiger partial charge in [0.05, 0.1) is 17.4 Å². The first kappa shape index (κ1) is 25.8. The standard InChI is InChI=1S/C29H38N8O3/c1-28(8-3-9-28)17-5-6-18-19(10-17)36-21(35-18)7-4-16-11-29(2,12-16)34-13-20-23(38)24(39)27(40-20)37-15-33-22-25(30)31-14-32-26(22)37/h5-6,10,14-16,20,23-24,27,34,38-39H,3-4,7-9,11-13H2,1-2H3,(H,35,36)(H2,30,31,32)/t16?,20-,23+,24+,27-,29?/m1/s1. The predicted molar refractivity (Wildman–Crippen MR) is 150 cm³/mol. The number of aliphatic hydroxyl groups excluding tert-OH is 2. The van der Waals surface area contributed by atoms with Gasteiger partial charge in [0.15, 0.2) is 17.7 Å². The summed E-state index contributed by atoms with van der Waals surface area (Å²) >= 11 is 0. The van der Waals surface area contributed by atoms with Gasteiger partial charge in [-0.2, -0.15) is 0 Å². The van der Waals surface area contributed by atoms with Crippen LogP contribution in [-0.4, -0.2) is 70.1 Å². The van der Waals surface area contributed by atoms with E-state index < -0.39 is 24.5 Å². The van der Waals surface area contributed by atoms with Gasteiger partial charge in [-0.15, -0.1) is 0 Å². The van der Waals surface area contributed by atoms with Crippen molar-refractivity contribution < 1.29 is 14.9 Å². The fourth-order valence-electron chi connectivity index (χ4n) is 6.99. The summed E-state index contributed by atoms with van der Waals surface area (Å²) in [5, 5.41) is 25.1. The summed E-state index contributed by atoms with van der Waals surface area (Å²) in [5.74, 6) is 1.94. The minimum Gasteiger partial charge on any atom is -0.387 e. The van der Waals surface area contributed by atoms with Gasteiger partial charge in [-0.3, -0.25) is 4.57 Å². The molecule has 212 valence electrons. The number of fused-ring (bicyclic) bond motifs is 2. The van der Waals surface area contributed by atoms with Gasteiger partial charge in [-0.1, -0.05) is 19.4 Å². The number of rotatable bonds is 8. The molecule has 3 aromatic heterocycles. The first-order valence-corrected chi connectivity index (χ1v) is 14.4. The molecule has 0 amide bonds. The van der Waals surface area contributed by atoms with Crippen molar-refractivity contribution in [2.45, 2.75) is 94.3 Å². The molecule has 4 heterocycles. The summed E-state index contributed by atoms with van der Waals surface area (Å²) in [4.78, 5) is 20.8. The molecule has 0 unspecified atom stereocenters. The van der Waals surface area contributed by atoms with E-state index in [1.165, 1.54) is 37.5 Å².